The van der Waals surface area contributed by atoms with E-state index < -0.39 is 0 Å². The first kappa shape index (κ1) is 19.7. The Hall–Kier alpha value is -2.58. The summed E-state index contributed by atoms with van der Waals surface area (Å²) in [4.78, 5) is 20.7. The average molecular weight is 428 g/mol. The lowest BCUT2D eigenvalue weighted by molar-refractivity contribution is -0.140. The number of carbonyl (C=O) groups excluding carboxylic acids is 1. The highest BCUT2D eigenvalue weighted by atomic mass is 32.2. The van der Waals surface area contributed by atoms with E-state index in [2.05, 4.69) is 9.98 Å². The molecule has 2 aromatic carbocycles. The van der Waals surface area contributed by atoms with Crippen LogP contribution in [0.1, 0.15) is 12.1 Å². The van der Waals surface area contributed by atoms with Gasteiger partial charge in [0.1, 0.15) is 16.5 Å². The summed E-state index contributed by atoms with van der Waals surface area (Å²) < 4.78 is 10.7. The zero-order valence-electron chi connectivity index (χ0n) is 16.1. The average Bonchev–Trinajstić information content (AvgIpc) is 3.35. The molecule has 0 amide bonds. The van der Waals surface area contributed by atoms with Gasteiger partial charge in [-0.25, -0.2) is 0 Å². The van der Waals surface area contributed by atoms with E-state index >= 15 is 0 Å². The normalized spacial score (nSPS) is 16.1. The maximum absolute atomic E-state index is 11.5. The van der Waals surface area contributed by atoms with Crippen LogP contribution >= 0.6 is 23.5 Å². The molecular weight excluding hydrogens is 406 g/mol. The monoisotopic (exact) mass is 427 g/mol. The molecule has 2 heterocycles. The lowest BCUT2D eigenvalue weighted by atomic mass is 10.2. The third-order valence-electron chi connectivity index (χ3n) is 4.60. The van der Waals surface area contributed by atoms with E-state index in [0.717, 1.165) is 33.1 Å². The van der Waals surface area contributed by atoms with Gasteiger partial charge in [-0.05, 0) is 42.7 Å². The summed E-state index contributed by atoms with van der Waals surface area (Å²) in [6.45, 7) is 0. The number of H-pyrrole nitrogens is 1. The van der Waals surface area contributed by atoms with E-state index in [1.54, 1.807) is 23.5 Å². The van der Waals surface area contributed by atoms with Gasteiger partial charge in [-0.15, -0.1) is 23.5 Å². The van der Waals surface area contributed by atoms with Gasteiger partial charge < -0.3 is 20.2 Å². The highest BCUT2D eigenvalue weighted by molar-refractivity contribution is 8.14. The molecule has 0 fully saturated rings. The highest BCUT2D eigenvalue weighted by Gasteiger charge is 2.23. The predicted octanol–water partition coefficient (Wildman–Crippen LogP) is 4.69. The Morgan fingerprint density at radius 3 is 2.79 bits per heavy atom. The number of ether oxygens (including phenoxy) is 2. The van der Waals surface area contributed by atoms with E-state index in [1.165, 1.54) is 12.0 Å². The van der Waals surface area contributed by atoms with Crippen LogP contribution in [0.25, 0.3) is 10.9 Å². The van der Waals surface area contributed by atoms with E-state index in [1.807, 2.05) is 48.7 Å². The number of hydrogen-bond acceptors (Lipinski definition) is 7. The summed E-state index contributed by atoms with van der Waals surface area (Å²) in [6, 6.07) is 13.7. The van der Waals surface area contributed by atoms with E-state index in [-0.39, 0.29) is 12.0 Å². The number of thioether (sulfide) groups is 2. The van der Waals surface area contributed by atoms with Gasteiger partial charge in [-0.1, -0.05) is 0 Å². The molecule has 0 radical (unpaired) electrons. The minimum absolute atomic E-state index is 0.0608. The minimum atomic E-state index is -0.242. The van der Waals surface area contributed by atoms with Crippen molar-refractivity contribution in [2.75, 3.05) is 24.9 Å². The zero-order chi connectivity index (χ0) is 20.4. The number of nitrogen functional groups attached to an aromatic ring is 1. The minimum Gasteiger partial charge on any atom is -0.469 e. The van der Waals surface area contributed by atoms with Gasteiger partial charge in [-0.2, -0.15) is 0 Å². The molecule has 0 aliphatic carbocycles. The Morgan fingerprint density at radius 2 is 2.07 bits per heavy atom. The van der Waals surface area contributed by atoms with Gasteiger partial charge in [0.15, 0.2) is 0 Å². The van der Waals surface area contributed by atoms with Crippen LogP contribution in [0, 0.1) is 0 Å². The summed E-state index contributed by atoms with van der Waals surface area (Å²) >= 11 is 3.31. The number of nitrogens with zero attached hydrogens (tertiary/aromatic N) is 1. The van der Waals surface area contributed by atoms with Crippen LogP contribution in [0.5, 0.6) is 11.5 Å². The van der Waals surface area contributed by atoms with Crippen LogP contribution in [-0.4, -0.2) is 41.2 Å². The number of esters is 1. The molecular formula is C21H21N3O3S2. The Bertz CT molecular complexity index is 1080. The predicted molar refractivity (Wildman–Crippen MR) is 120 cm³/mol. The Balaban J connectivity index is 1.57. The fourth-order valence-electron chi connectivity index (χ4n) is 3.14. The third kappa shape index (κ3) is 4.38. The van der Waals surface area contributed by atoms with Crippen molar-refractivity contribution in [3.8, 4) is 11.5 Å². The molecule has 3 N–H and O–H groups in total. The maximum atomic E-state index is 11.5. The first-order valence-corrected chi connectivity index (χ1v) is 11.3. The van der Waals surface area contributed by atoms with E-state index in [9.17, 15) is 4.79 Å². The van der Waals surface area contributed by atoms with Crippen LogP contribution in [0.15, 0.2) is 52.4 Å². The number of nitrogens with one attached hydrogen (secondary N) is 1. The SMILES string of the molecule is COC(=O)C[C@@H]1CSC(c2cc3cc(Oc4ccc(SC)cc4)cc(N)c3[nH]2)=N1. The number of fused-ring (bicyclic) bond motifs is 1. The number of nitrogens with two attached hydrogens (primary N) is 1. The molecule has 3 aromatic rings. The van der Waals surface area contributed by atoms with Crippen molar-refractivity contribution < 1.29 is 14.3 Å². The van der Waals surface area contributed by atoms with E-state index in [0.29, 0.717) is 17.9 Å². The first-order valence-electron chi connectivity index (χ1n) is 9.07. The fourth-order valence-corrected chi connectivity index (χ4v) is 4.58. The number of benzene rings is 2. The van der Waals surface area contributed by atoms with Crippen LogP contribution < -0.4 is 10.5 Å². The molecule has 0 spiro atoms. The second-order valence-electron chi connectivity index (χ2n) is 6.62. The van der Waals surface area contributed by atoms with Gasteiger partial charge >= 0.3 is 5.97 Å². The lowest BCUT2D eigenvalue weighted by Gasteiger charge is -2.08. The van der Waals surface area contributed by atoms with Crippen molar-refractivity contribution in [2.45, 2.75) is 17.4 Å². The number of aromatic amines is 1. The van der Waals surface area contributed by atoms with Gasteiger partial charge in [0.2, 0.25) is 0 Å². The standard InChI is InChI=1S/C21H21N3O3S2/c1-26-19(25)9-13-11-29-21(23-13)18-8-12-7-15(10-17(22)20(12)24-18)27-14-3-5-16(28-2)6-4-14/h3-8,10,13,24H,9,11,22H2,1-2H3/t13-/m1/s1. The summed E-state index contributed by atoms with van der Waals surface area (Å²) in [6.07, 6.45) is 2.33. The quantitative estimate of drug-likeness (QED) is 0.337. The van der Waals surface area contributed by atoms with Crippen LogP contribution in [0.3, 0.4) is 0 Å². The second kappa shape index (κ2) is 8.42. The molecule has 29 heavy (non-hydrogen) atoms. The number of methoxy groups -OCH3 is 1. The number of hydrogen-bond donors (Lipinski definition) is 2. The van der Waals surface area contributed by atoms with Gasteiger partial charge in [-0.3, -0.25) is 9.79 Å². The number of anilines is 1. The number of carbonyl (C=O) groups is 1. The molecule has 0 unspecified atom stereocenters. The molecule has 0 bridgehead atoms. The van der Waals surface area contributed by atoms with E-state index in [4.69, 9.17) is 15.2 Å². The molecule has 8 heteroatoms. The topological polar surface area (TPSA) is 89.7 Å². The molecule has 1 atom stereocenters. The fraction of sp³-hybridized carbons (Fsp3) is 0.238. The molecule has 1 aliphatic heterocycles. The van der Waals surface area contributed by atoms with Crippen molar-refractivity contribution >= 4 is 51.1 Å². The summed E-state index contributed by atoms with van der Waals surface area (Å²) in [5.74, 6) is 1.96. The van der Waals surface area contributed by atoms with Crippen molar-refractivity contribution in [1.29, 1.82) is 0 Å². The summed E-state index contributed by atoms with van der Waals surface area (Å²) in [7, 11) is 1.40. The molecule has 150 valence electrons. The van der Waals surface area contributed by atoms with Gasteiger partial charge in [0, 0.05) is 22.1 Å². The van der Waals surface area contributed by atoms with Gasteiger partial charge in [0.05, 0.1) is 36.5 Å². The Morgan fingerprint density at radius 1 is 1.28 bits per heavy atom. The molecule has 1 aliphatic rings. The maximum Gasteiger partial charge on any atom is 0.307 e. The largest absolute Gasteiger partial charge is 0.469 e. The molecule has 1 aromatic heterocycles. The Labute approximate surface area is 177 Å². The van der Waals surface area contributed by atoms with Crippen LogP contribution in [0.4, 0.5) is 5.69 Å². The summed E-state index contributed by atoms with van der Waals surface area (Å²) in [5, 5.41) is 1.83. The third-order valence-corrected chi connectivity index (χ3v) is 6.49. The highest BCUT2D eigenvalue weighted by Crippen LogP contribution is 2.33. The number of aliphatic imine (C=N–C) groups is 1. The molecule has 6 nitrogen and oxygen atoms in total. The van der Waals surface area contributed by atoms with Crippen LogP contribution in [0.2, 0.25) is 0 Å². The Kier molecular flexibility index (Phi) is 5.73. The van der Waals surface area contributed by atoms with Crippen LogP contribution in [-0.2, 0) is 9.53 Å². The molecule has 0 saturated carbocycles. The number of rotatable bonds is 6. The van der Waals surface area contributed by atoms with Crippen molar-refractivity contribution in [3.63, 3.8) is 0 Å². The first-order chi connectivity index (χ1) is 14.1. The lowest BCUT2D eigenvalue weighted by Crippen LogP contribution is -2.12. The van der Waals surface area contributed by atoms with Crippen molar-refractivity contribution in [2.24, 2.45) is 4.99 Å². The van der Waals surface area contributed by atoms with Gasteiger partial charge in [0.25, 0.3) is 0 Å². The van der Waals surface area contributed by atoms with Crippen molar-refractivity contribution in [3.05, 3.63) is 48.2 Å². The zero-order valence-corrected chi connectivity index (χ0v) is 17.7. The number of aromatic nitrogens is 1. The molecule has 4 rings (SSSR count). The smallest absolute Gasteiger partial charge is 0.307 e. The molecule has 0 saturated heterocycles. The summed E-state index contributed by atoms with van der Waals surface area (Å²) in [5.41, 5.74) is 8.61. The van der Waals surface area contributed by atoms with Crippen molar-refractivity contribution in [1.82, 2.24) is 4.98 Å². The second-order valence-corrected chi connectivity index (χ2v) is 8.51.